The van der Waals surface area contributed by atoms with E-state index < -0.39 is 5.97 Å². The first kappa shape index (κ1) is 13.8. The summed E-state index contributed by atoms with van der Waals surface area (Å²) in [6.45, 7) is 3.83. The summed E-state index contributed by atoms with van der Waals surface area (Å²) in [5, 5.41) is 8.79. The third-order valence-electron chi connectivity index (χ3n) is 4.21. The van der Waals surface area contributed by atoms with Crippen molar-refractivity contribution in [2.75, 3.05) is 39.8 Å². The van der Waals surface area contributed by atoms with Crippen molar-refractivity contribution in [2.45, 2.75) is 37.8 Å². The van der Waals surface area contributed by atoms with Gasteiger partial charge in [-0.05, 0) is 12.8 Å². The Labute approximate surface area is 109 Å². The number of carboxylic acid groups (broad SMARTS) is 1. The lowest BCUT2D eigenvalue weighted by atomic mass is 9.91. The normalized spacial score (nSPS) is 31.4. The van der Waals surface area contributed by atoms with Crippen LogP contribution in [0.1, 0.15) is 25.7 Å². The topological polar surface area (TPSA) is 53.0 Å². The Balaban J connectivity index is 1.82. The van der Waals surface area contributed by atoms with Crippen LogP contribution in [0.2, 0.25) is 0 Å². The van der Waals surface area contributed by atoms with Crippen LogP contribution in [0.25, 0.3) is 0 Å². The van der Waals surface area contributed by atoms with Crippen LogP contribution >= 0.6 is 0 Å². The summed E-state index contributed by atoms with van der Waals surface area (Å²) in [4.78, 5) is 15.2. The van der Waals surface area contributed by atoms with Gasteiger partial charge in [-0.25, -0.2) is 0 Å². The standard InChI is InChI=1S/C13H24N2O3/c1-18-12-5-3-2-4-11(12)15-8-6-14(7-9-15)10-13(16)17/h11-12H,2-10H2,1H3,(H,16,17). The van der Waals surface area contributed by atoms with Crippen molar-refractivity contribution >= 4 is 5.97 Å². The molecule has 104 valence electrons. The maximum Gasteiger partial charge on any atom is 0.317 e. The summed E-state index contributed by atoms with van der Waals surface area (Å²) in [7, 11) is 1.81. The number of hydrogen-bond donors (Lipinski definition) is 1. The molecule has 2 unspecified atom stereocenters. The lowest BCUT2D eigenvalue weighted by molar-refractivity contribution is -0.139. The minimum Gasteiger partial charge on any atom is -0.480 e. The van der Waals surface area contributed by atoms with Gasteiger partial charge in [0.2, 0.25) is 0 Å². The van der Waals surface area contributed by atoms with Crippen molar-refractivity contribution in [3.8, 4) is 0 Å². The van der Waals surface area contributed by atoms with Crippen molar-refractivity contribution in [3.05, 3.63) is 0 Å². The molecule has 2 aliphatic rings. The molecule has 1 heterocycles. The monoisotopic (exact) mass is 256 g/mol. The molecule has 0 amide bonds. The molecule has 0 spiro atoms. The number of methoxy groups -OCH3 is 1. The van der Waals surface area contributed by atoms with Crippen molar-refractivity contribution in [1.82, 2.24) is 9.80 Å². The predicted octanol–water partition coefficient (Wildman–Crippen LogP) is 0.646. The average Bonchev–Trinajstić information content (AvgIpc) is 2.39. The molecular weight excluding hydrogens is 232 g/mol. The van der Waals surface area contributed by atoms with Gasteiger partial charge in [-0.15, -0.1) is 0 Å². The number of ether oxygens (including phenoxy) is 1. The molecule has 0 aromatic heterocycles. The number of rotatable bonds is 4. The van der Waals surface area contributed by atoms with E-state index in [0.717, 1.165) is 32.6 Å². The van der Waals surface area contributed by atoms with Crippen LogP contribution in [0.4, 0.5) is 0 Å². The van der Waals surface area contributed by atoms with E-state index in [1.807, 2.05) is 12.0 Å². The van der Waals surface area contributed by atoms with Crippen molar-refractivity contribution in [1.29, 1.82) is 0 Å². The van der Waals surface area contributed by atoms with Crippen molar-refractivity contribution < 1.29 is 14.6 Å². The Morgan fingerprint density at radius 3 is 2.50 bits per heavy atom. The molecule has 1 saturated heterocycles. The first-order valence-electron chi connectivity index (χ1n) is 6.91. The number of carbonyl (C=O) groups is 1. The second-order valence-electron chi connectivity index (χ2n) is 5.33. The molecule has 1 aliphatic carbocycles. The maximum absolute atomic E-state index is 10.7. The molecule has 2 fully saturated rings. The minimum absolute atomic E-state index is 0.173. The van der Waals surface area contributed by atoms with E-state index in [-0.39, 0.29) is 6.54 Å². The van der Waals surface area contributed by atoms with Crippen molar-refractivity contribution in [2.24, 2.45) is 0 Å². The molecule has 5 heteroatoms. The van der Waals surface area contributed by atoms with Crippen LogP contribution < -0.4 is 0 Å². The van der Waals surface area contributed by atoms with E-state index in [4.69, 9.17) is 9.84 Å². The predicted molar refractivity (Wildman–Crippen MR) is 68.7 cm³/mol. The summed E-state index contributed by atoms with van der Waals surface area (Å²) in [6, 6.07) is 0.538. The van der Waals surface area contributed by atoms with Gasteiger partial charge in [-0.1, -0.05) is 12.8 Å². The number of aliphatic carboxylic acids is 1. The molecule has 0 aromatic carbocycles. The summed E-state index contributed by atoms with van der Waals surface area (Å²) < 4.78 is 5.60. The summed E-state index contributed by atoms with van der Waals surface area (Å²) in [5.74, 6) is -0.726. The van der Waals surface area contributed by atoms with Gasteiger partial charge in [0.25, 0.3) is 0 Å². The SMILES string of the molecule is COC1CCCCC1N1CCN(CC(=O)O)CC1. The van der Waals surface area contributed by atoms with E-state index in [0.29, 0.717) is 12.1 Å². The Kier molecular flexibility index (Phi) is 4.97. The fourth-order valence-electron chi connectivity index (χ4n) is 3.21. The molecule has 1 saturated carbocycles. The smallest absolute Gasteiger partial charge is 0.317 e. The van der Waals surface area contributed by atoms with Gasteiger partial charge in [-0.3, -0.25) is 14.6 Å². The van der Waals surface area contributed by atoms with Gasteiger partial charge in [0.1, 0.15) is 0 Å². The van der Waals surface area contributed by atoms with E-state index in [2.05, 4.69) is 4.90 Å². The number of carboxylic acids is 1. The molecular formula is C13H24N2O3. The molecule has 0 aromatic rings. The maximum atomic E-state index is 10.7. The molecule has 2 rings (SSSR count). The molecule has 18 heavy (non-hydrogen) atoms. The van der Waals surface area contributed by atoms with Crippen LogP contribution in [0, 0.1) is 0 Å². The van der Waals surface area contributed by atoms with E-state index >= 15 is 0 Å². The van der Waals surface area contributed by atoms with E-state index in [1.165, 1.54) is 19.3 Å². The fraction of sp³-hybridized carbons (Fsp3) is 0.923. The third-order valence-corrected chi connectivity index (χ3v) is 4.21. The zero-order valence-corrected chi connectivity index (χ0v) is 11.2. The van der Waals surface area contributed by atoms with Crippen LogP contribution in [0.5, 0.6) is 0 Å². The Hall–Kier alpha value is -0.650. The highest BCUT2D eigenvalue weighted by Crippen LogP contribution is 2.26. The van der Waals surface area contributed by atoms with Gasteiger partial charge in [0.05, 0.1) is 12.6 Å². The molecule has 1 aliphatic heterocycles. The Morgan fingerprint density at radius 2 is 1.89 bits per heavy atom. The number of hydrogen-bond acceptors (Lipinski definition) is 4. The largest absolute Gasteiger partial charge is 0.480 e. The van der Waals surface area contributed by atoms with Gasteiger partial charge < -0.3 is 9.84 Å². The fourth-order valence-corrected chi connectivity index (χ4v) is 3.21. The van der Waals surface area contributed by atoms with E-state index in [9.17, 15) is 4.79 Å². The highest BCUT2D eigenvalue weighted by atomic mass is 16.5. The lowest BCUT2D eigenvalue weighted by Crippen LogP contribution is -2.55. The minimum atomic E-state index is -0.726. The highest BCUT2D eigenvalue weighted by Gasteiger charge is 2.32. The number of nitrogens with zero attached hydrogens (tertiary/aromatic N) is 2. The quantitative estimate of drug-likeness (QED) is 0.800. The van der Waals surface area contributed by atoms with Gasteiger partial charge in [-0.2, -0.15) is 0 Å². The molecule has 0 radical (unpaired) electrons. The highest BCUT2D eigenvalue weighted by molar-refractivity contribution is 5.69. The average molecular weight is 256 g/mol. The van der Waals surface area contributed by atoms with E-state index in [1.54, 1.807) is 0 Å². The second-order valence-corrected chi connectivity index (χ2v) is 5.33. The molecule has 2 atom stereocenters. The zero-order chi connectivity index (χ0) is 13.0. The first-order chi connectivity index (χ1) is 8.70. The van der Waals surface area contributed by atoms with Gasteiger partial charge in [0, 0.05) is 39.3 Å². The zero-order valence-electron chi connectivity index (χ0n) is 11.2. The van der Waals surface area contributed by atoms with Crippen LogP contribution in [-0.2, 0) is 9.53 Å². The van der Waals surface area contributed by atoms with Crippen LogP contribution in [-0.4, -0.2) is 72.9 Å². The van der Waals surface area contributed by atoms with Crippen molar-refractivity contribution in [3.63, 3.8) is 0 Å². The number of piperazine rings is 1. The summed E-state index contributed by atoms with van der Waals surface area (Å²) >= 11 is 0. The molecule has 0 bridgehead atoms. The molecule has 5 nitrogen and oxygen atoms in total. The lowest BCUT2D eigenvalue weighted by Gasteiger charge is -2.43. The Morgan fingerprint density at radius 1 is 1.22 bits per heavy atom. The first-order valence-corrected chi connectivity index (χ1v) is 6.91. The second kappa shape index (κ2) is 6.50. The van der Waals surface area contributed by atoms with Gasteiger partial charge in [0.15, 0.2) is 0 Å². The van der Waals surface area contributed by atoms with Crippen LogP contribution in [0.15, 0.2) is 0 Å². The van der Waals surface area contributed by atoms with Crippen LogP contribution in [0.3, 0.4) is 0 Å². The third kappa shape index (κ3) is 3.43. The summed E-state index contributed by atoms with van der Waals surface area (Å²) in [6.07, 6.45) is 5.31. The summed E-state index contributed by atoms with van der Waals surface area (Å²) in [5.41, 5.74) is 0. The molecule has 1 N–H and O–H groups in total. The van der Waals surface area contributed by atoms with Gasteiger partial charge >= 0.3 is 5.97 Å². The Bertz CT molecular complexity index is 277.